The van der Waals surface area contributed by atoms with Gasteiger partial charge in [0, 0.05) is 23.1 Å². The molecule has 0 aliphatic carbocycles. The lowest BCUT2D eigenvalue weighted by molar-refractivity contribution is -0.137. The van der Waals surface area contributed by atoms with Gasteiger partial charge < -0.3 is 15.0 Å². The van der Waals surface area contributed by atoms with Crippen LogP contribution in [0.4, 0.5) is 4.39 Å². The van der Waals surface area contributed by atoms with Crippen LogP contribution in [0.3, 0.4) is 0 Å². The first-order valence-electron chi connectivity index (χ1n) is 7.27. The van der Waals surface area contributed by atoms with Gasteiger partial charge in [0.05, 0.1) is 12.0 Å². The van der Waals surface area contributed by atoms with Gasteiger partial charge in [-0.3, -0.25) is 9.59 Å². The van der Waals surface area contributed by atoms with Crippen LogP contribution in [0.5, 0.6) is 0 Å². The second kappa shape index (κ2) is 6.64. The summed E-state index contributed by atoms with van der Waals surface area (Å²) in [6.07, 6.45) is -0.136. The Bertz CT molecular complexity index is 735. The van der Waals surface area contributed by atoms with Crippen molar-refractivity contribution in [3.8, 4) is 5.69 Å². The molecule has 122 valence electrons. The summed E-state index contributed by atoms with van der Waals surface area (Å²) in [5.41, 5.74) is 2.79. The van der Waals surface area contributed by atoms with E-state index < -0.39 is 12.0 Å². The van der Waals surface area contributed by atoms with Crippen molar-refractivity contribution in [3.63, 3.8) is 0 Å². The van der Waals surface area contributed by atoms with E-state index in [1.54, 1.807) is 32.0 Å². The Morgan fingerprint density at radius 2 is 1.87 bits per heavy atom. The fourth-order valence-electron chi connectivity index (χ4n) is 2.59. The quantitative estimate of drug-likeness (QED) is 0.890. The maximum atomic E-state index is 13.1. The van der Waals surface area contributed by atoms with E-state index in [2.05, 4.69) is 5.32 Å². The number of nitrogens with one attached hydrogen (secondary N) is 1. The number of aromatic nitrogens is 1. The van der Waals surface area contributed by atoms with Gasteiger partial charge in [0.1, 0.15) is 5.82 Å². The topological polar surface area (TPSA) is 71.3 Å². The van der Waals surface area contributed by atoms with Crippen molar-refractivity contribution in [2.75, 3.05) is 0 Å². The highest BCUT2D eigenvalue weighted by Gasteiger charge is 2.19. The van der Waals surface area contributed by atoms with Crippen LogP contribution in [0.15, 0.2) is 30.3 Å². The van der Waals surface area contributed by atoms with E-state index in [-0.39, 0.29) is 18.1 Å². The zero-order valence-electron chi connectivity index (χ0n) is 13.3. The van der Waals surface area contributed by atoms with Crippen LogP contribution in [-0.4, -0.2) is 27.6 Å². The number of nitrogens with zero attached hydrogens (tertiary/aromatic N) is 1. The molecule has 1 amide bonds. The summed E-state index contributed by atoms with van der Waals surface area (Å²) in [7, 11) is 0. The van der Waals surface area contributed by atoms with Crippen molar-refractivity contribution in [1.29, 1.82) is 0 Å². The van der Waals surface area contributed by atoms with Crippen LogP contribution in [0.2, 0.25) is 0 Å². The minimum absolute atomic E-state index is 0.136. The van der Waals surface area contributed by atoms with Crippen LogP contribution in [0.25, 0.3) is 5.69 Å². The van der Waals surface area contributed by atoms with E-state index in [0.29, 0.717) is 11.3 Å². The highest BCUT2D eigenvalue weighted by Crippen LogP contribution is 2.21. The molecule has 0 aliphatic rings. The number of carboxylic acid groups (broad SMARTS) is 1. The smallest absolute Gasteiger partial charge is 0.305 e. The van der Waals surface area contributed by atoms with Crippen molar-refractivity contribution in [3.05, 3.63) is 53.1 Å². The van der Waals surface area contributed by atoms with Crippen LogP contribution in [0.1, 0.15) is 35.1 Å². The number of hydrogen-bond acceptors (Lipinski definition) is 2. The van der Waals surface area contributed by atoms with Gasteiger partial charge in [-0.25, -0.2) is 4.39 Å². The second-order valence-electron chi connectivity index (χ2n) is 5.57. The molecular weight excluding hydrogens is 299 g/mol. The predicted molar refractivity (Wildman–Crippen MR) is 84.4 cm³/mol. The first-order chi connectivity index (χ1) is 10.8. The van der Waals surface area contributed by atoms with Crippen LogP contribution in [0, 0.1) is 19.7 Å². The first-order valence-corrected chi connectivity index (χ1v) is 7.27. The number of benzene rings is 1. The molecule has 2 N–H and O–H groups in total. The van der Waals surface area contributed by atoms with Crippen molar-refractivity contribution in [2.24, 2.45) is 0 Å². The number of carbonyl (C=O) groups excluding carboxylic acids is 1. The van der Waals surface area contributed by atoms with Gasteiger partial charge in [0.25, 0.3) is 5.91 Å². The van der Waals surface area contributed by atoms with E-state index in [9.17, 15) is 14.0 Å². The molecule has 0 fully saturated rings. The highest BCUT2D eigenvalue weighted by molar-refractivity contribution is 5.96. The molecule has 23 heavy (non-hydrogen) atoms. The number of rotatable bonds is 5. The molecule has 5 nitrogen and oxygen atoms in total. The maximum Gasteiger partial charge on any atom is 0.305 e. The summed E-state index contributed by atoms with van der Waals surface area (Å²) in [5, 5.41) is 11.4. The highest BCUT2D eigenvalue weighted by atomic mass is 19.1. The third-order valence-electron chi connectivity index (χ3n) is 3.62. The number of amides is 1. The van der Waals surface area contributed by atoms with E-state index in [4.69, 9.17) is 5.11 Å². The molecule has 0 radical (unpaired) electrons. The lowest BCUT2D eigenvalue weighted by Gasteiger charge is -2.12. The summed E-state index contributed by atoms with van der Waals surface area (Å²) in [5.74, 6) is -1.61. The molecular formula is C17H19FN2O3. The number of halogens is 1. The summed E-state index contributed by atoms with van der Waals surface area (Å²) in [6, 6.07) is 7.29. The molecule has 0 aliphatic heterocycles. The van der Waals surface area contributed by atoms with Crippen molar-refractivity contribution in [2.45, 2.75) is 33.2 Å². The molecule has 2 aromatic rings. The molecule has 1 aromatic carbocycles. The lowest BCUT2D eigenvalue weighted by atomic mass is 10.2. The molecule has 0 bridgehead atoms. The summed E-state index contributed by atoms with van der Waals surface area (Å²) in [4.78, 5) is 23.0. The summed E-state index contributed by atoms with van der Waals surface area (Å²) < 4.78 is 14.9. The van der Waals surface area contributed by atoms with Crippen molar-refractivity contribution >= 4 is 11.9 Å². The fourth-order valence-corrected chi connectivity index (χ4v) is 2.59. The standard InChI is InChI=1S/C17H19FN2O3/c1-10(8-16(21)22)19-17(23)15-9-11(2)20(12(15)3)14-6-4-13(18)5-7-14/h4-7,9-10H,8H2,1-3H3,(H,19,23)(H,21,22). The fraction of sp³-hybridized carbons (Fsp3) is 0.294. The second-order valence-corrected chi connectivity index (χ2v) is 5.57. The summed E-state index contributed by atoms with van der Waals surface area (Å²) in [6.45, 7) is 5.30. The number of aryl methyl sites for hydroxylation is 1. The Labute approximate surface area is 133 Å². The van der Waals surface area contributed by atoms with Gasteiger partial charge in [-0.15, -0.1) is 0 Å². The van der Waals surface area contributed by atoms with Gasteiger partial charge in [-0.2, -0.15) is 0 Å². The number of carboxylic acids is 1. The number of aliphatic carboxylic acids is 1. The third-order valence-corrected chi connectivity index (χ3v) is 3.62. The SMILES string of the molecule is Cc1cc(C(=O)NC(C)CC(=O)O)c(C)n1-c1ccc(F)cc1. The van der Waals surface area contributed by atoms with E-state index in [1.807, 2.05) is 11.5 Å². The van der Waals surface area contributed by atoms with Crippen molar-refractivity contribution < 1.29 is 19.1 Å². The predicted octanol–water partition coefficient (Wildman–Crippen LogP) is 2.83. The normalized spacial score (nSPS) is 12.0. The average molecular weight is 318 g/mol. The van der Waals surface area contributed by atoms with Gasteiger partial charge in [0.15, 0.2) is 0 Å². The first kappa shape index (κ1) is 16.7. The molecule has 1 unspecified atom stereocenters. The largest absolute Gasteiger partial charge is 0.481 e. The van der Waals surface area contributed by atoms with Gasteiger partial charge in [0.2, 0.25) is 0 Å². The lowest BCUT2D eigenvalue weighted by Crippen LogP contribution is -2.34. The minimum Gasteiger partial charge on any atom is -0.481 e. The number of carbonyl (C=O) groups is 2. The van der Waals surface area contributed by atoms with E-state index in [0.717, 1.165) is 11.4 Å². The van der Waals surface area contributed by atoms with Crippen LogP contribution < -0.4 is 5.32 Å². The Kier molecular flexibility index (Phi) is 4.83. The molecule has 0 spiro atoms. The van der Waals surface area contributed by atoms with Gasteiger partial charge >= 0.3 is 5.97 Å². The monoisotopic (exact) mass is 318 g/mol. The molecule has 1 atom stereocenters. The molecule has 6 heteroatoms. The zero-order valence-corrected chi connectivity index (χ0v) is 13.3. The number of hydrogen-bond donors (Lipinski definition) is 2. The van der Waals surface area contributed by atoms with Gasteiger partial charge in [-0.05, 0) is 51.1 Å². The van der Waals surface area contributed by atoms with Crippen molar-refractivity contribution in [1.82, 2.24) is 9.88 Å². The Morgan fingerprint density at radius 3 is 2.43 bits per heavy atom. The minimum atomic E-state index is -0.963. The molecule has 1 aromatic heterocycles. The maximum absolute atomic E-state index is 13.1. The van der Waals surface area contributed by atoms with E-state index >= 15 is 0 Å². The zero-order chi connectivity index (χ0) is 17.1. The summed E-state index contributed by atoms with van der Waals surface area (Å²) >= 11 is 0. The molecule has 1 heterocycles. The van der Waals surface area contributed by atoms with Crippen LogP contribution >= 0.6 is 0 Å². The average Bonchev–Trinajstić information content (AvgIpc) is 2.74. The Morgan fingerprint density at radius 1 is 1.26 bits per heavy atom. The molecule has 0 saturated heterocycles. The van der Waals surface area contributed by atoms with E-state index in [1.165, 1.54) is 12.1 Å². The Hall–Kier alpha value is -2.63. The van der Waals surface area contributed by atoms with Crippen LogP contribution in [-0.2, 0) is 4.79 Å². The van der Waals surface area contributed by atoms with Gasteiger partial charge in [-0.1, -0.05) is 0 Å². The Balaban J connectivity index is 2.28. The molecule has 2 rings (SSSR count). The third kappa shape index (κ3) is 3.77. The molecule has 0 saturated carbocycles.